The number of nitrogens with zero attached hydrogens (tertiary/aromatic N) is 3. The summed E-state index contributed by atoms with van der Waals surface area (Å²) in [7, 11) is 0. The summed E-state index contributed by atoms with van der Waals surface area (Å²) in [6.07, 6.45) is 0. The molecule has 0 amide bonds. The number of anilines is 9. The Bertz CT molecular complexity index is 2580. The smallest absolute Gasteiger partial charge is 0.0467 e. The van der Waals surface area contributed by atoms with Crippen LogP contribution in [0.3, 0.4) is 0 Å². The highest BCUT2D eigenvalue weighted by Gasteiger charge is 2.18. The molecule has 0 saturated heterocycles. The van der Waals surface area contributed by atoms with Crippen molar-refractivity contribution in [3.8, 4) is 33.4 Å². The lowest BCUT2D eigenvalue weighted by molar-refractivity contribution is 1.28. The lowest BCUT2D eigenvalue weighted by atomic mass is 9.92. The van der Waals surface area contributed by atoms with Gasteiger partial charge in [-0.3, -0.25) is 0 Å². The monoisotopic (exact) mass is 807 g/mol. The molecule has 0 N–H and O–H groups in total. The van der Waals surface area contributed by atoms with Crippen molar-refractivity contribution in [2.75, 3.05) is 14.7 Å². The molecule has 0 fully saturated rings. The second-order valence-corrected chi connectivity index (χ2v) is 15.5. The average molecular weight is 808 g/mol. The highest BCUT2D eigenvalue weighted by molar-refractivity contribution is 5.88. The molecule has 10 aromatic carbocycles. The summed E-state index contributed by atoms with van der Waals surface area (Å²) in [5, 5.41) is 0. The van der Waals surface area contributed by atoms with Crippen LogP contribution in [-0.2, 0) is 0 Å². The van der Waals surface area contributed by atoms with Crippen LogP contribution >= 0.6 is 0 Å². The lowest BCUT2D eigenvalue weighted by Crippen LogP contribution is -2.09. The maximum Gasteiger partial charge on any atom is 0.0467 e. The topological polar surface area (TPSA) is 9.72 Å². The van der Waals surface area contributed by atoms with E-state index in [4.69, 9.17) is 0 Å². The molecule has 0 heterocycles. The standard InChI is InChI=1S/C60H45N3/c1-7-25-52(26-8-1)61(53-27-9-2-10-28-53)58-37-19-22-46(43-58)49-40-50(47-23-20-38-59(44-47)62(54-29-11-3-12-30-54)55-31-13-4-14-32-55)42-51(41-49)48-24-21-39-60(45-48)63(56-33-15-5-16-34-56)57-35-17-6-18-36-57/h1-45H. The Labute approximate surface area is 370 Å². The van der Waals surface area contributed by atoms with Gasteiger partial charge in [0.1, 0.15) is 0 Å². The maximum atomic E-state index is 2.34. The van der Waals surface area contributed by atoms with Crippen LogP contribution in [0.4, 0.5) is 51.2 Å². The number of rotatable bonds is 12. The van der Waals surface area contributed by atoms with Gasteiger partial charge in [0, 0.05) is 51.2 Å². The molecule has 300 valence electrons. The fourth-order valence-electron chi connectivity index (χ4n) is 8.41. The summed E-state index contributed by atoms with van der Waals surface area (Å²) in [5.74, 6) is 0. The Morgan fingerprint density at radius 2 is 0.333 bits per heavy atom. The fraction of sp³-hybridized carbons (Fsp3) is 0. The van der Waals surface area contributed by atoms with Gasteiger partial charge in [0.05, 0.1) is 0 Å². The van der Waals surface area contributed by atoms with Crippen LogP contribution in [0.2, 0.25) is 0 Å². The van der Waals surface area contributed by atoms with Gasteiger partial charge in [-0.15, -0.1) is 0 Å². The highest BCUT2D eigenvalue weighted by atomic mass is 15.2. The molecule has 0 aliphatic carbocycles. The predicted molar refractivity (Wildman–Crippen MR) is 267 cm³/mol. The van der Waals surface area contributed by atoms with Crippen molar-refractivity contribution in [1.29, 1.82) is 0 Å². The van der Waals surface area contributed by atoms with Gasteiger partial charge in [0.15, 0.2) is 0 Å². The maximum absolute atomic E-state index is 2.34. The number of para-hydroxylation sites is 6. The largest absolute Gasteiger partial charge is 0.310 e. The van der Waals surface area contributed by atoms with Crippen LogP contribution in [0, 0.1) is 0 Å². The van der Waals surface area contributed by atoms with E-state index in [0.29, 0.717) is 0 Å². The van der Waals surface area contributed by atoms with Gasteiger partial charge < -0.3 is 14.7 Å². The minimum absolute atomic E-state index is 1.09. The molecular formula is C60H45N3. The van der Waals surface area contributed by atoms with E-state index >= 15 is 0 Å². The SMILES string of the molecule is c1ccc(N(c2ccccc2)c2cccc(-c3cc(-c4cccc(N(c5ccccc5)c5ccccc5)c4)cc(-c4cccc(N(c5ccccc5)c5ccccc5)c4)c3)c2)cc1. The van der Waals surface area contributed by atoms with Crippen LogP contribution in [0.5, 0.6) is 0 Å². The van der Waals surface area contributed by atoms with Crippen molar-refractivity contribution < 1.29 is 0 Å². The molecule has 3 heteroatoms. The molecule has 0 radical (unpaired) electrons. The minimum atomic E-state index is 1.09. The summed E-state index contributed by atoms with van der Waals surface area (Å²) in [4.78, 5) is 6.97. The number of benzene rings is 10. The van der Waals surface area contributed by atoms with E-state index < -0.39 is 0 Å². The van der Waals surface area contributed by atoms with Gasteiger partial charge in [-0.1, -0.05) is 146 Å². The van der Waals surface area contributed by atoms with Crippen molar-refractivity contribution in [2.24, 2.45) is 0 Å². The van der Waals surface area contributed by atoms with Crippen molar-refractivity contribution in [3.63, 3.8) is 0 Å². The molecule has 0 bridgehead atoms. The molecule has 3 nitrogen and oxygen atoms in total. The van der Waals surface area contributed by atoms with Crippen molar-refractivity contribution in [3.05, 3.63) is 273 Å². The molecule has 0 aromatic heterocycles. The second kappa shape index (κ2) is 18.1. The van der Waals surface area contributed by atoms with E-state index in [1.165, 1.54) is 0 Å². The van der Waals surface area contributed by atoms with Crippen LogP contribution in [0.1, 0.15) is 0 Å². The van der Waals surface area contributed by atoms with Gasteiger partial charge in [-0.05, 0) is 161 Å². The number of hydrogen-bond acceptors (Lipinski definition) is 3. The summed E-state index contributed by atoms with van der Waals surface area (Å²) < 4.78 is 0. The first-order valence-electron chi connectivity index (χ1n) is 21.4. The lowest BCUT2D eigenvalue weighted by Gasteiger charge is -2.26. The third-order valence-corrected chi connectivity index (χ3v) is 11.3. The molecular weight excluding hydrogens is 763 g/mol. The zero-order valence-electron chi connectivity index (χ0n) is 34.8. The van der Waals surface area contributed by atoms with E-state index in [1.807, 2.05) is 0 Å². The quantitative estimate of drug-likeness (QED) is 0.122. The van der Waals surface area contributed by atoms with Gasteiger partial charge >= 0.3 is 0 Å². The first-order chi connectivity index (χ1) is 31.2. The molecule has 0 unspecified atom stereocenters. The van der Waals surface area contributed by atoms with Gasteiger partial charge in [-0.2, -0.15) is 0 Å². The van der Waals surface area contributed by atoms with E-state index in [1.54, 1.807) is 0 Å². The Morgan fingerprint density at radius 3 is 0.540 bits per heavy atom. The van der Waals surface area contributed by atoms with Crippen molar-refractivity contribution in [1.82, 2.24) is 0 Å². The zero-order chi connectivity index (χ0) is 42.2. The van der Waals surface area contributed by atoms with Crippen molar-refractivity contribution in [2.45, 2.75) is 0 Å². The summed E-state index contributed by atoms with van der Waals surface area (Å²) in [6, 6.07) is 97.4. The highest BCUT2D eigenvalue weighted by Crippen LogP contribution is 2.42. The van der Waals surface area contributed by atoms with Crippen molar-refractivity contribution >= 4 is 51.2 Å². The minimum Gasteiger partial charge on any atom is -0.310 e. The first-order valence-corrected chi connectivity index (χ1v) is 21.4. The van der Waals surface area contributed by atoms with E-state index in [0.717, 1.165) is 84.6 Å². The molecule has 10 aromatic rings. The summed E-state index contributed by atoms with van der Waals surface area (Å²) in [6.45, 7) is 0. The molecule has 0 saturated carbocycles. The van der Waals surface area contributed by atoms with Gasteiger partial charge in [0.2, 0.25) is 0 Å². The van der Waals surface area contributed by atoms with Crippen LogP contribution in [-0.4, -0.2) is 0 Å². The normalized spacial score (nSPS) is 10.9. The predicted octanol–water partition coefficient (Wildman–Crippen LogP) is 17.1. The molecule has 0 aliphatic rings. The number of hydrogen-bond donors (Lipinski definition) is 0. The van der Waals surface area contributed by atoms with Crippen LogP contribution < -0.4 is 14.7 Å². The average Bonchev–Trinajstić information content (AvgIpc) is 3.36. The molecule has 0 atom stereocenters. The third kappa shape index (κ3) is 8.50. The van der Waals surface area contributed by atoms with Gasteiger partial charge in [0.25, 0.3) is 0 Å². The van der Waals surface area contributed by atoms with Crippen LogP contribution in [0.15, 0.2) is 273 Å². The Balaban J connectivity index is 1.14. The van der Waals surface area contributed by atoms with E-state index in [9.17, 15) is 0 Å². The van der Waals surface area contributed by atoms with Crippen LogP contribution in [0.25, 0.3) is 33.4 Å². The van der Waals surface area contributed by atoms with Gasteiger partial charge in [-0.25, -0.2) is 0 Å². The Hall–Kier alpha value is -8.40. The molecule has 10 rings (SSSR count). The molecule has 0 aliphatic heterocycles. The van der Waals surface area contributed by atoms with E-state index in [2.05, 4.69) is 288 Å². The molecule has 63 heavy (non-hydrogen) atoms. The summed E-state index contributed by atoms with van der Waals surface area (Å²) in [5.41, 5.74) is 16.7. The Kier molecular flexibility index (Phi) is 11.1. The third-order valence-electron chi connectivity index (χ3n) is 11.3. The first kappa shape index (κ1) is 38.8. The fourth-order valence-corrected chi connectivity index (χ4v) is 8.41. The Morgan fingerprint density at radius 1 is 0.143 bits per heavy atom. The van der Waals surface area contributed by atoms with E-state index in [-0.39, 0.29) is 0 Å². The molecule has 0 spiro atoms. The summed E-state index contributed by atoms with van der Waals surface area (Å²) >= 11 is 0. The zero-order valence-corrected chi connectivity index (χ0v) is 34.8. The second-order valence-electron chi connectivity index (χ2n) is 15.5.